The Morgan fingerprint density at radius 2 is 1.68 bits per heavy atom. The lowest BCUT2D eigenvalue weighted by Gasteiger charge is -2.30. The number of carboxylic acid groups (broad SMARTS) is 1. The maximum absolute atomic E-state index is 11.3. The molecule has 0 saturated carbocycles. The predicted octanol–water partition coefficient (Wildman–Crippen LogP) is -0.419. The molecule has 0 aromatic carbocycles. The van der Waals surface area contributed by atoms with E-state index in [4.69, 9.17) is 9.90 Å². The molecule has 0 bridgehead atoms. The number of urea groups is 1. The van der Waals surface area contributed by atoms with Crippen molar-refractivity contribution in [3.8, 4) is 0 Å². The van der Waals surface area contributed by atoms with Gasteiger partial charge in [0.1, 0.15) is 5.54 Å². The highest BCUT2D eigenvalue weighted by Gasteiger charge is 2.46. The summed E-state index contributed by atoms with van der Waals surface area (Å²) in [6.45, 7) is 1.57. The summed E-state index contributed by atoms with van der Waals surface area (Å²) in [5.41, 5.74) is -0.609. The van der Waals surface area contributed by atoms with Gasteiger partial charge in [-0.2, -0.15) is 13.2 Å². The number of amides is 3. The van der Waals surface area contributed by atoms with E-state index >= 15 is 0 Å². The van der Waals surface area contributed by atoms with Crippen LogP contribution in [0.2, 0.25) is 0 Å². The molecule has 2 aliphatic heterocycles. The fourth-order valence-electron chi connectivity index (χ4n) is 1.73. The summed E-state index contributed by atoms with van der Waals surface area (Å²) in [5.74, 6) is -2.93. The van der Waals surface area contributed by atoms with Crippen LogP contribution in [0.3, 0.4) is 0 Å². The van der Waals surface area contributed by atoms with Gasteiger partial charge in [-0.3, -0.25) is 10.1 Å². The van der Waals surface area contributed by atoms with Gasteiger partial charge in [0.15, 0.2) is 0 Å². The minimum absolute atomic E-state index is 0.172. The number of aliphatic carboxylic acids is 1. The van der Waals surface area contributed by atoms with Crippen LogP contribution in [0.15, 0.2) is 0 Å². The molecule has 3 amide bonds. The van der Waals surface area contributed by atoms with E-state index in [0.29, 0.717) is 12.8 Å². The van der Waals surface area contributed by atoms with Crippen molar-refractivity contribution < 1.29 is 32.7 Å². The zero-order chi connectivity index (χ0) is 14.7. The molecule has 10 heteroatoms. The number of hydrogen-bond donors (Lipinski definition) is 4. The predicted molar refractivity (Wildman–Crippen MR) is 55.2 cm³/mol. The van der Waals surface area contributed by atoms with Gasteiger partial charge in [-0.1, -0.05) is 0 Å². The summed E-state index contributed by atoms with van der Waals surface area (Å²) in [6.07, 6.45) is -3.71. The molecule has 0 unspecified atom stereocenters. The Bertz CT molecular complexity index is 391. The van der Waals surface area contributed by atoms with Crippen molar-refractivity contribution in [2.75, 3.05) is 13.1 Å². The smallest absolute Gasteiger partial charge is 0.475 e. The zero-order valence-electron chi connectivity index (χ0n) is 9.63. The lowest BCUT2D eigenvalue weighted by molar-refractivity contribution is -0.192. The molecule has 2 aliphatic rings. The van der Waals surface area contributed by atoms with E-state index in [-0.39, 0.29) is 11.9 Å². The second kappa shape index (κ2) is 5.43. The van der Waals surface area contributed by atoms with Crippen LogP contribution in [0.25, 0.3) is 0 Å². The number of carbonyl (C=O) groups is 3. The van der Waals surface area contributed by atoms with Crippen LogP contribution in [-0.4, -0.2) is 47.8 Å². The van der Waals surface area contributed by atoms with Gasteiger partial charge in [0.2, 0.25) is 0 Å². The van der Waals surface area contributed by atoms with E-state index in [1.807, 2.05) is 0 Å². The Balaban J connectivity index is 0.000000224. The molecule has 4 N–H and O–H groups in total. The average Bonchev–Trinajstić information content (AvgIpc) is 2.54. The van der Waals surface area contributed by atoms with Crippen molar-refractivity contribution in [3.63, 3.8) is 0 Å². The molecule has 7 nitrogen and oxygen atoms in total. The van der Waals surface area contributed by atoms with E-state index in [2.05, 4.69) is 16.0 Å². The van der Waals surface area contributed by atoms with Crippen molar-refractivity contribution >= 4 is 17.9 Å². The van der Waals surface area contributed by atoms with Crippen molar-refractivity contribution in [2.24, 2.45) is 0 Å². The highest BCUT2D eigenvalue weighted by atomic mass is 19.4. The molecule has 0 atom stereocenters. The summed E-state index contributed by atoms with van der Waals surface area (Å²) in [6, 6.07) is -0.359. The first-order chi connectivity index (χ1) is 8.67. The molecule has 2 rings (SSSR count). The van der Waals surface area contributed by atoms with E-state index in [9.17, 15) is 22.8 Å². The SMILES string of the molecule is O=C(O)C(F)(F)F.O=C1NC(=O)C2(CCNCC2)N1. The van der Waals surface area contributed by atoms with E-state index in [1.165, 1.54) is 0 Å². The molecule has 0 radical (unpaired) electrons. The number of carbonyl (C=O) groups excluding carboxylic acids is 2. The molecule has 1 spiro atoms. The molecule has 0 aromatic heterocycles. The van der Waals surface area contributed by atoms with E-state index in [1.54, 1.807) is 0 Å². The van der Waals surface area contributed by atoms with Crippen molar-refractivity contribution in [3.05, 3.63) is 0 Å². The molecule has 0 aromatic rings. The highest BCUT2D eigenvalue weighted by Crippen LogP contribution is 2.21. The second-order valence-electron chi connectivity index (χ2n) is 4.04. The van der Waals surface area contributed by atoms with Crippen LogP contribution in [0, 0.1) is 0 Å². The Labute approximate surface area is 105 Å². The Morgan fingerprint density at radius 1 is 1.21 bits per heavy atom. The number of halogens is 3. The molecular weight excluding hydrogens is 271 g/mol. The zero-order valence-corrected chi connectivity index (χ0v) is 9.63. The molecule has 2 heterocycles. The Hall–Kier alpha value is -1.84. The lowest BCUT2D eigenvalue weighted by atomic mass is 9.89. The van der Waals surface area contributed by atoms with Crippen molar-refractivity contribution in [1.82, 2.24) is 16.0 Å². The third-order valence-corrected chi connectivity index (χ3v) is 2.71. The summed E-state index contributed by atoms with van der Waals surface area (Å²) >= 11 is 0. The van der Waals surface area contributed by atoms with Gasteiger partial charge in [0.05, 0.1) is 0 Å². The first-order valence-electron chi connectivity index (χ1n) is 5.32. The van der Waals surface area contributed by atoms with Gasteiger partial charge in [0, 0.05) is 0 Å². The lowest BCUT2D eigenvalue weighted by Crippen LogP contribution is -2.53. The monoisotopic (exact) mass is 283 g/mol. The molecular formula is C9H12F3N3O4. The minimum Gasteiger partial charge on any atom is -0.475 e. The summed E-state index contributed by atoms with van der Waals surface area (Å²) in [7, 11) is 0. The molecule has 108 valence electrons. The number of imide groups is 1. The molecule has 2 saturated heterocycles. The third-order valence-electron chi connectivity index (χ3n) is 2.71. The third kappa shape index (κ3) is 3.81. The molecule has 19 heavy (non-hydrogen) atoms. The van der Waals surface area contributed by atoms with E-state index in [0.717, 1.165) is 13.1 Å². The quantitative estimate of drug-likeness (QED) is 0.452. The maximum atomic E-state index is 11.3. The Kier molecular flexibility index (Phi) is 4.35. The first-order valence-corrected chi connectivity index (χ1v) is 5.32. The largest absolute Gasteiger partial charge is 0.490 e. The second-order valence-corrected chi connectivity index (χ2v) is 4.04. The van der Waals surface area contributed by atoms with E-state index < -0.39 is 17.7 Å². The normalized spacial score (nSPS) is 21.2. The van der Waals surface area contributed by atoms with Crippen molar-refractivity contribution in [1.29, 1.82) is 0 Å². The first kappa shape index (κ1) is 15.2. The van der Waals surface area contributed by atoms with Crippen LogP contribution in [0.1, 0.15) is 12.8 Å². The van der Waals surface area contributed by atoms with Crippen LogP contribution in [0.4, 0.5) is 18.0 Å². The number of nitrogens with one attached hydrogen (secondary N) is 3. The number of piperidine rings is 1. The summed E-state index contributed by atoms with van der Waals surface area (Å²) in [5, 5.41) is 15.2. The maximum Gasteiger partial charge on any atom is 0.490 e. The van der Waals surface area contributed by atoms with Crippen LogP contribution < -0.4 is 16.0 Å². The summed E-state index contributed by atoms with van der Waals surface area (Å²) in [4.78, 5) is 31.1. The van der Waals surface area contributed by atoms with Gasteiger partial charge in [-0.25, -0.2) is 9.59 Å². The molecule has 2 fully saturated rings. The van der Waals surface area contributed by atoms with Crippen LogP contribution in [-0.2, 0) is 9.59 Å². The Morgan fingerprint density at radius 3 is 2.00 bits per heavy atom. The highest BCUT2D eigenvalue weighted by molar-refractivity contribution is 6.07. The van der Waals surface area contributed by atoms with Crippen LogP contribution >= 0.6 is 0 Å². The average molecular weight is 283 g/mol. The summed E-state index contributed by atoms with van der Waals surface area (Å²) < 4.78 is 31.7. The molecule has 0 aliphatic carbocycles. The standard InChI is InChI=1S/C7H11N3O2.C2HF3O2/c11-5-7(10-6(12)9-5)1-3-8-4-2-7;3-2(4,5)1(6)7/h8H,1-4H2,(H2,9,10,11,12);(H,6,7). The fourth-order valence-corrected chi connectivity index (χ4v) is 1.73. The fraction of sp³-hybridized carbons (Fsp3) is 0.667. The van der Waals surface area contributed by atoms with Gasteiger partial charge >= 0.3 is 18.2 Å². The number of carboxylic acids is 1. The van der Waals surface area contributed by atoms with Crippen molar-refractivity contribution in [2.45, 2.75) is 24.6 Å². The van der Waals surface area contributed by atoms with Gasteiger partial charge in [-0.05, 0) is 25.9 Å². The van der Waals surface area contributed by atoms with Gasteiger partial charge in [-0.15, -0.1) is 0 Å². The minimum atomic E-state index is -5.08. The van der Waals surface area contributed by atoms with Crippen LogP contribution in [0.5, 0.6) is 0 Å². The number of alkyl halides is 3. The number of hydrogen-bond acceptors (Lipinski definition) is 4. The van der Waals surface area contributed by atoms with Gasteiger partial charge < -0.3 is 15.7 Å². The number of rotatable bonds is 0. The van der Waals surface area contributed by atoms with Gasteiger partial charge in [0.25, 0.3) is 5.91 Å². The topological polar surface area (TPSA) is 108 Å².